The van der Waals surface area contributed by atoms with Gasteiger partial charge in [0.2, 0.25) is 0 Å². The van der Waals surface area contributed by atoms with Crippen LogP contribution in [0.4, 0.5) is 4.79 Å². The van der Waals surface area contributed by atoms with Crippen LogP contribution < -0.4 is 0 Å². The number of ether oxygens (including phenoxy) is 1. The highest BCUT2D eigenvalue weighted by atomic mass is 16.5. The number of amides is 2. The van der Waals surface area contributed by atoms with Crippen LogP contribution in [0, 0.1) is 5.92 Å². The standard InChI is InChI=1S/C14H24N2O4/c1-10-3-5-11(6-4-10)15(2)14(19)16-7-8-20-12(9-16)13(17)18/h10-12H,3-9H2,1-2H3,(H,17,18). The van der Waals surface area contributed by atoms with Crippen molar-refractivity contribution in [3.05, 3.63) is 0 Å². The van der Waals surface area contributed by atoms with Gasteiger partial charge in [0.1, 0.15) is 0 Å². The molecule has 1 aliphatic carbocycles. The van der Waals surface area contributed by atoms with Crippen LogP contribution in [0.25, 0.3) is 0 Å². The Hall–Kier alpha value is -1.30. The summed E-state index contributed by atoms with van der Waals surface area (Å²) in [7, 11) is 1.83. The molecule has 6 nitrogen and oxygen atoms in total. The second-order valence-corrected chi connectivity index (χ2v) is 5.95. The summed E-state index contributed by atoms with van der Waals surface area (Å²) in [6, 6.07) is 0.212. The van der Waals surface area contributed by atoms with E-state index in [9.17, 15) is 9.59 Å². The minimum absolute atomic E-state index is 0.0703. The van der Waals surface area contributed by atoms with Crippen LogP contribution in [0.2, 0.25) is 0 Å². The molecule has 0 spiro atoms. The molecule has 0 aromatic heterocycles. The number of hydrogen-bond acceptors (Lipinski definition) is 3. The number of carboxylic acids is 1. The molecule has 0 aromatic carbocycles. The predicted molar refractivity (Wildman–Crippen MR) is 73.5 cm³/mol. The number of carbonyl (C=O) groups excluding carboxylic acids is 1. The molecule has 20 heavy (non-hydrogen) atoms. The van der Waals surface area contributed by atoms with Gasteiger partial charge >= 0.3 is 12.0 Å². The molecule has 1 aliphatic heterocycles. The Bertz CT molecular complexity index is 366. The van der Waals surface area contributed by atoms with Crippen LogP contribution in [-0.4, -0.2) is 65.8 Å². The summed E-state index contributed by atoms with van der Waals surface area (Å²) in [5.41, 5.74) is 0. The summed E-state index contributed by atoms with van der Waals surface area (Å²) in [4.78, 5) is 26.8. The van der Waals surface area contributed by atoms with Gasteiger partial charge in [-0.15, -0.1) is 0 Å². The lowest BCUT2D eigenvalue weighted by Crippen LogP contribution is -2.54. The molecule has 2 amide bonds. The molecular weight excluding hydrogens is 260 g/mol. The van der Waals surface area contributed by atoms with Crippen LogP contribution in [0.1, 0.15) is 32.6 Å². The van der Waals surface area contributed by atoms with Gasteiger partial charge in [0.25, 0.3) is 0 Å². The van der Waals surface area contributed by atoms with E-state index in [1.54, 1.807) is 9.80 Å². The molecule has 0 aromatic rings. The average molecular weight is 284 g/mol. The number of carboxylic acid groups (broad SMARTS) is 1. The van der Waals surface area contributed by atoms with Crippen LogP contribution in [0.3, 0.4) is 0 Å². The van der Waals surface area contributed by atoms with E-state index in [0.29, 0.717) is 6.54 Å². The highest BCUT2D eigenvalue weighted by Crippen LogP contribution is 2.27. The third-order valence-electron chi connectivity index (χ3n) is 4.45. The first-order valence-electron chi connectivity index (χ1n) is 7.35. The zero-order chi connectivity index (χ0) is 14.7. The first-order chi connectivity index (χ1) is 9.49. The lowest BCUT2D eigenvalue weighted by Gasteiger charge is -2.39. The highest BCUT2D eigenvalue weighted by Gasteiger charge is 2.33. The molecule has 1 N–H and O–H groups in total. The molecule has 0 radical (unpaired) electrons. The minimum atomic E-state index is -1.00. The Kier molecular flexibility index (Phi) is 4.86. The van der Waals surface area contributed by atoms with Gasteiger partial charge < -0.3 is 19.6 Å². The molecular formula is C14H24N2O4. The summed E-state index contributed by atoms with van der Waals surface area (Å²) >= 11 is 0. The van der Waals surface area contributed by atoms with E-state index in [1.165, 1.54) is 0 Å². The van der Waals surface area contributed by atoms with Gasteiger partial charge in [0.15, 0.2) is 6.10 Å². The number of nitrogens with zero attached hydrogens (tertiary/aromatic N) is 2. The van der Waals surface area contributed by atoms with Gasteiger partial charge in [-0.25, -0.2) is 9.59 Å². The van der Waals surface area contributed by atoms with Crippen molar-refractivity contribution in [1.29, 1.82) is 0 Å². The minimum Gasteiger partial charge on any atom is -0.479 e. The molecule has 1 unspecified atom stereocenters. The van der Waals surface area contributed by atoms with Crippen molar-refractivity contribution < 1.29 is 19.4 Å². The molecule has 2 aliphatic rings. The van der Waals surface area contributed by atoms with E-state index < -0.39 is 12.1 Å². The maximum atomic E-state index is 12.5. The number of rotatable bonds is 2. The van der Waals surface area contributed by atoms with Crippen LogP contribution in [-0.2, 0) is 9.53 Å². The van der Waals surface area contributed by atoms with Crippen molar-refractivity contribution in [2.45, 2.75) is 44.8 Å². The van der Waals surface area contributed by atoms with Crippen LogP contribution >= 0.6 is 0 Å². The van der Waals surface area contributed by atoms with E-state index in [4.69, 9.17) is 9.84 Å². The van der Waals surface area contributed by atoms with E-state index in [-0.39, 0.29) is 25.2 Å². The van der Waals surface area contributed by atoms with Gasteiger partial charge in [0.05, 0.1) is 13.2 Å². The number of urea groups is 1. The number of aliphatic carboxylic acids is 1. The second-order valence-electron chi connectivity index (χ2n) is 5.95. The summed E-state index contributed by atoms with van der Waals surface area (Å²) in [6.45, 7) is 3.15. The van der Waals surface area contributed by atoms with Crippen molar-refractivity contribution in [1.82, 2.24) is 9.80 Å². The van der Waals surface area contributed by atoms with Crippen molar-refractivity contribution in [3.8, 4) is 0 Å². The SMILES string of the molecule is CC1CCC(N(C)C(=O)N2CCOC(C(=O)O)C2)CC1. The monoisotopic (exact) mass is 284 g/mol. The summed E-state index contributed by atoms with van der Waals surface area (Å²) in [5.74, 6) is -0.258. The van der Waals surface area contributed by atoms with Crippen LogP contribution in [0.5, 0.6) is 0 Å². The quantitative estimate of drug-likeness (QED) is 0.832. The van der Waals surface area contributed by atoms with Gasteiger partial charge in [-0.2, -0.15) is 0 Å². The Labute approximate surface area is 119 Å². The van der Waals surface area contributed by atoms with Gasteiger partial charge in [-0.3, -0.25) is 0 Å². The molecule has 2 rings (SSSR count). The summed E-state index contributed by atoms with van der Waals surface area (Å²) in [5, 5.41) is 8.98. The zero-order valence-corrected chi connectivity index (χ0v) is 12.2. The molecule has 1 saturated carbocycles. The van der Waals surface area contributed by atoms with Gasteiger partial charge in [-0.1, -0.05) is 6.92 Å². The lowest BCUT2D eigenvalue weighted by atomic mass is 9.87. The summed E-state index contributed by atoms with van der Waals surface area (Å²) in [6.07, 6.45) is 3.49. The molecule has 1 atom stereocenters. The number of morpholine rings is 1. The van der Waals surface area contributed by atoms with E-state index in [2.05, 4.69) is 6.92 Å². The fourth-order valence-corrected chi connectivity index (χ4v) is 2.98. The zero-order valence-electron chi connectivity index (χ0n) is 12.2. The Morgan fingerprint density at radius 1 is 1.25 bits per heavy atom. The van der Waals surface area contributed by atoms with Crippen molar-refractivity contribution in [2.24, 2.45) is 5.92 Å². The molecule has 2 fully saturated rings. The molecule has 114 valence electrons. The van der Waals surface area contributed by atoms with E-state index >= 15 is 0 Å². The first kappa shape index (κ1) is 15.1. The smallest absolute Gasteiger partial charge is 0.334 e. The highest BCUT2D eigenvalue weighted by molar-refractivity contribution is 5.77. The second kappa shape index (κ2) is 6.43. The van der Waals surface area contributed by atoms with Crippen molar-refractivity contribution >= 4 is 12.0 Å². The van der Waals surface area contributed by atoms with E-state index in [1.807, 2.05) is 7.05 Å². The lowest BCUT2D eigenvalue weighted by molar-refractivity contribution is -0.154. The Balaban J connectivity index is 1.91. The first-order valence-corrected chi connectivity index (χ1v) is 7.35. The number of carbonyl (C=O) groups is 2. The van der Waals surface area contributed by atoms with Crippen LogP contribution in [0.15, 0.2) is 0 Å². The third-order valence-corrected chi connectivity index (χ3v) is 4.45. The normalized spacial score (nSPS) is 30.9. The number of hydrogen-bond donors (Lipinski definition) is 1. The fraction of sp³-hybridized carbons (Fsp3) is 0.857. The molecule has 0 bridgehead atoms. The third kappa shape index (κ3) is 3.42. The van der Waals surface area contributed by atoms with E-state index in [0.717, 1.165) is 31.6 Å². The fourth-order valence-electron chi connectivity index (χ4n) is 2.98. The topological polar surface area (TPSA) is 70.1 Å². The van der Waals surface area contributed by atoms with Crippen molar-refractivity contribution in [2.75, 3.05) is 26.7 Å². The Morgan fingerprint density at radius 3 is 2.50 bits per heavy atom. The average Bonchev–Trinajstić information content (AvgIpc) is 2.46. The Morgan fingerprint density at radius 2 is 1.90 bits per heavy atom. The maximum absolute atomic E-state index is 12.5. The summed E-state index contributed by atoms with van der Waals surface area (Å²) < 4.78 is 5.15. The molecule has 1 saturated heterocycles. The van der Waals surface area contributed by atoms with Gasteiger partial charge in [0, 0.05) is 19.6 Å². The molecule has 1 heterocycles. The molecule has 6 heteroatoms. The van der Waals surface area contributed by atoms with Crippen molar-refractivity contribution in [3.63, 3.8) is 0 Å². The predicted octanol–water partition coefficient (Wildman–Crippen LogP) is 1.40. The van der Waals surface area contributed by atoms with Gasteiger partial charge in [-0.05, 0) is 31.6 Å². The largest absolute Gasteiger partial charge is 0.479 e. The maximum Gasteiger partial charge on any atom is 0.334 e.